The van der Waals surface area contributed by atoms with Gasteiger partial charge in [-0.25, -0.2) is 0 Å². The van der Waals surface area contributed by atoms with Crippen LogP contribution in [0, 0.1) is 0 Å². The molecule has 1 aliphatic rings. The molecule has 1 saturated carbocycles. The van der Waals surface area contributed by atoms with Crippen LogP contribution in [0.25, 0.3) is 0 Å². The Morgan fingerprint density at radius 1 is 0.868 bits per heavy atom. The second-order valence-electron chi connectivity index (χ2n) is 9.55. The zero-order valence-electron chi connectivity index (χ0n) is 21.0. The molecule has 0 heterocycles. The number of halogens is 3. The van der Waals surface area contributed by atoms with Crippen LogP contribution in [0.5, 0.6) is 0 Å². The van der Waals surface area contributed by atoms with E-state index in [2.05, 4.69) is 5.32 Å². The van der Waals surface area contributed by atoms with E-state index in [0.717, 1.165) is 42.4 Å². The highest BCUT2D eigenvalue weighted by atomic mass is 35.5. The average molecular weight is 590 g/mol. The van der Waals surface area contributed by atoms with E-state index in [0.29, 0.717) is 27.2 Å². The number of rotatable bonds is 11. The van der Waals surface area contributed by atoms with E-state index in [9.17, 15) is 9.59 Å². The lowest BCUT2D eigenvalue weighted by molar-refractivity contribution is -0.139. The second kappa shape index (κ2) is 14.3. The summed E-state index contributed by atoms with van der Waals surface area (Å²) in [7, 11) is 0. The Morgan fingerprint density at radius 3 is 2.29 bits per heavy atom. The third-order valence-corrected chi connectivity index (χ3v) is 8.85. The molecule has 0 aromatic heterocycles. The van der Waals surface area contributed by atoms with Crippen LogP contribution < -0.4 is 5.32 Å². The zero-order chi connectivity index (χ0) is 26.9. The number of carbonyl (C=O) groups is 2. The summed E-state index contributed by atoms with van der Waals surface area (Å²) in [5, 5.41) is 4.79. The molecule has 4 rings (SSSR count). The first-order chi connectivity index (χ1) is 18.4. The van der Waals surface area contributed by atoms with Crippen LogP contribution in [0.3, 0.4) is 0 Å². The van der Waals surface area contributed by atoms with Gasteiger partial charge in [0.15, 0.2) is 0 Å². The van der Waals surface area contributed by atoms with Crippen LogP contribution in [0.2, 0.25) is 15.1 Å². The van der Waals surface area contributed by atoms with Gasteiger partial charge in [-0.05, 0) is 47.7 Å². The molecule has 0 aliphatic heterocycles. The fourth-order valence-electron chi connectivity index (χ4n) is 4.70. The lowest BCUT2D eigenvalue weighted by atomic mass is 10.0. The highest BCUT2D eigenvalue weighted by molar-refractivity contribution is 7.99. The van der Waals surface area contributed by atoms with Crippen molar-refractivity contribution >= 4 is 58.4 Å². The van der Waals surface area contributed by atoms with E-state index < -0.39 is 6.04 Å². The number of nitrogens with one attached hydrogen (secondary N) is 1. The number of carbonyl (C=O) groups excluding carboxylic acids is 2. The van der Waals surface area contributed by atoms with Crippen molar-refractivity contribution < 1.29 is 9.59 Å². The van der Waals surface area contributed by atoms with Crippen molar-refractivity contribution in [2.24, 2.45) is 0 Å². The maximum absolute atomic E-state index is 13.8. The number of benzene rings is 3. The molecule has 2 amide bonds. The smallest absolute Gasteiger partial charge is 0.243 e. The number of nitrogens with zero attached hydrogens (tertiary/aromatic N) is 1. The summed E-state index contributed by atoms with van der Waals surface area (Å²) in [6, 6.07) is 22.3. The molecular weight excluding hydrogens is 559 g/mol. The third-order valence-electron chi connectivity index (χ3n) is 6.75. The zero-order valence-corrected chi connectivity index (χ0v) is 24.1. The van der Waals surface area contributed by atoms with E-state index in [1.807, 2.05) is 66.7 Å². The van der Waals surface area contributed by atoms with Crippen LogP contribution in [0.4, 0.5) is 0 Å². The van der Waals surface area contributed by atoms with Crippen LogP contribution in [0.15, 0.2) is 72.8 Å². The summed E-state index contributed by atoms with van der Waals surface area (Å²) in [5.41, 5.74) is 2.79. The predicted octanol–water partition coefficient (Wildman–Crippen LogP) is 7.58. The molecule has 3 aromatic carbocycles. The van der Waals surface area contributed by atoms with Gasteiger partial charge in [0.05, 0.1) is 15.8 Å². The molecule has 0 radical (unpaired) electrons. The first kappa shape index (κ1) is 28.8. The molecule has 200 valence electrons. The van der Waals surface area contributed by atoms with Gasteiger partial charge in [-0.3, -0.25) is 9.59 Å². The molecular formula is C30H31Cl3N2O2S. The minimum Gasteiger partial charge on any atom is -0.352 e. The Morgan fingerprint density at radius 2 is 1.58 bits per heavy atom. The maximum Gasteiger partial charge on any atom is 0.243 e. The van der Waals surface area contributed by atoms with Crippen molar-refractivity contribution in [3.05, 3.63) is 105 Å². The maximum atomic E-state index is 13.8. The predicted molar refractivity (Wildman–Crippen MR) is 159 cm³/mol. The van der Waals surface area contributed by atoms with Gasteiger partial charge in [-0.2, -0.15) is 0 Å². The first-order valence-electron chi connectivity index (χ1n) is 12.8. The van der Waals surface area contributed by atoms with Crippen molar-refractivity contribution in [2.45, 2.75) is 56.5 Å². The van der Waals surface area contributed by atoms with Crippen molar-refractivity contribution in [1.82, 2.24) is 10.2 Å². The van der Waals surface area contributed by atoms with Gasteiger partial charge in [0.1, 0.15) is 6.04 Å². The monoisotopic (exact) mass is 588 g/mol. The fraction of sp³-hybridized carbons (Fsp3) is 0.333. The Kier molecular flexibility index (Phi) is 10.8. The van der Waals surface area contributed by atoms with Crippen LogP contribution >= 0.6 is 46.6 Å². The van der Waals surface area contributed by atoms with Gasteiger partial charge in [0.2, 0.25) is 11.8 Å². The summed E-state index contributed by atoms with van der Waals surface area (Å²) < 4.78 is 0. The van der Waals surface area contributed by atoms with E-state index in [-0.39, 0.29) is 30.2 Å². The molecule has 0 bridgehead atoms. The third kappa shape index (κ3) is 8.16. The average Bonchev–Trinajstić information content (AvgIpc) is 3.42. The minimum absolute atomic E-state index is 0.113. The first-order valence-corrected chi connectivity index (χ1v) is 15.1. The van der Waals surface area contributed by atoms with E-state index >= 15 is 0 Å². The van der Waals surface area contributed by atoms with Gasteiger partial charge in [0.25, 0.3) is 0 Å². The summed E-state index contributed by atoms with van der Waals surface area (Å²) in [6.45, 7) is 0.251. The van der Waals surface area contributed by atoms with Crippen LogP contribution in [0.1, 0.15) is 42.4 Å². The Bertz CT molecular complexity index is 1240. The highest BCUT2D eigenvalue weighted by Gasteiger charge is 2.32. The molecule has 0 spiro atoms. The number of hydrogen-bond acceptors (Lipinski definition) is 3. The second-order valence-corrected chi connectivity index (χ2v) is 11.8. The Balaban J connectivity index is 1.57. The normalized spacial score (nSPS) is 14.3. The van der Waals surface area contributed by atoms with Gasteiger partial charge in [-0.15, -0.1) is 11.8 Å². The summed E-state index contributed by atoms with van der Waals surface area (Å²) in [6.07, 6.45) is 4.60. The summed E-state index contributed by atoms with van der Waals surface area (Å²) in [4.78, 5) is 29.2. The summed E-state index contributed by atoms with van der Waals surface area (Å²) in [5.74, 6) is 0.584. The largest absolute Gasteiger partial charge is 0.352 e. The molecule has 1 aliphatic carbocycles. The van der Waals surface area contributed by atoms with Crippen molar-refractivity contribution in [3.8, 4) is 0 Å². The van der Waals surface area contributed by atoms with E-state index in [4.69, 9.17) is 34.8 Å². The summed E-state index contributed by atoms with van der Waals surface area (Å²) >= 11 is 20.2. The molecule has 1 atom stereocenters. The Hall–Kier alpha value is -2.18. The quantitative estimate of drug-likeness (QED) is 0.251. The number of thioether (sulfide) groups is 1. The number of amides is 2. The minimum atomic E-state index is -0.660. The number of hydrogen-bond donors (Lipinski definition) is 1. The molecule has 0 saturated heterocycles. The molecule has 4 nitrogen and oxygen atoms in total. The standard InChI is InChI=1S/C30H31Cl3N2O2S/c31-25-13-7-4-10-23(25)18-35(29(36)20-38-19-22-14-15-26(32)27(33)16-22)28(17-21-8-2-1-3-9-21)30(37)34-24-11-5-6-12-24/h1-4,7-10,13-16,24,28H,5-6,11-12,17-20H2,(H,34,37)/t28-/m1/s1. The van der Waals surface area contributed by atoms with Crippen molar-refractivity contribution in [2.75, 3.05) is 5.75 Å². The topological polar surface area (TPSA) is 49.4 Å². The molecule has 3 aromatic rings. The van der Waals surface area contributed by atoms with Gasteiger partial charge < -0.3 is 10.2 Å². The lowest BCUT2D eigenvalue weighted by Crippen LogP contribution is -2.52. The van der Waals surface area contributed by atoms with Gasteiger partial charge in [0, 0.05) is 29.8 Å². The van der Waals surface area contributed by atoms with Gasteiger partial charge >= 0.3 is 0 Å². The Labute approximate surface area is 244 Å². The highest BCUT2D eigenvalue weighted by Crippen LogP contribution is 2.26. The molecule has 38 heavy (non-hydrogen) atoms. The van der Waals surface area contributed by atoms with Crippen LogP contribution in [-0.2, 0) is 28.3 Å². The molecule has 8 heteroatoms. The molecule has 0 unspecified atom stereocenters. The van der Waals surface area contributed by atoms with Crippen molar-refractivity contribution in [1.29, 1.82) is 0 Å². The van der Waals surface area contributed by atoms with Gasteiger partial charge in [-0.1, -0.05) is 102 Å². The SMILES string of the molecule is O=C(NC1CCCC1)[C@@H](Cc1ccccc1)N(Cc1ccccc1Cl)C(=O)CSCc1ccc(Cl)c(Cl)c1. The van der Waals surface area contributed by atoms with Crippen LogP contribution in [-0.4, -0.2) is 34.6 Å². The van der Waals surface area contributed by atoms with E-state index in [1.165, 1.54) is 11.8 Å². The fourth-order valence-corrected chi connectivity index (χ4v) is 6.07. The lowest BCUT2D eigenvalue weighted by Gasteiger charge is -2.32. The van der Waals surface area contributed by atoms with E-state index in [1.54, 1.807) is 11.0 Å². The molecule has 1 fully saturated rings. The van der Waals surface area contributed by atoms with Crippen molar-refractivity contribution in [3.63, 3.8) is 0 Å². The molecule has 1 N–H and O–H groups in total.